The van der Waals surface area contributed by atoms with E-state index in [1.165, 1.54) is 0 Å². The highest BCUT2D eigenvalue weighted by molar-refractivity contribution is 5.85. The number of aromatic carboxylic acids is 1. The quantitative estimate of drug-likeness (QED) is 0.891. The molecule has 7 nitrogen and oxygen atoms in total. The number of hydrogen-bond donors (Lipinski definition) is 1. The minimum absolute atomic E-state index is 0.0755. The number of ether oxygens (including phenoxy) is 1. The zero-order valence-electron chi connectivity index (χ0n) is 15.7. The van der Waals surface area contributed by atoms with E-state index in [1.54, 1.807) is 12.3 Å². The normalized spacial score (nSPS) is 19.9. The molecule has 0 atom stereocenters. The summed E-state index contributed by atoms with van der Waals surface area (Å²) in [5.41, 5.74) is 0.688. The molecule has 1 spiro atoms. The number of carbonyl (C=O) groups is 2. The molecule has 142 valence electrons. The van der Waals surface area contributed by atoms with Crippen molar-refractivity contribution in [3.8, 4) is 0 Å². The average Bonchev–Trinajstić information content (AvgIpc) is 2.52. The number of piperidine rings is 1. The third kappa shape index (κ3) is 4.33. The number of likely N-dealkylation sites (tertiary alicyclic amines) is 2. The van der Waals surface area contributed by atoms with Gasteiger partial charge >= 0.3 is 12.1 Å². The Hall–Kier alpha value is -2.15. The smallest absolute Gasteiger partial charge is 0.410 e. The van der Waals surface area contributed by atoms with Crippen molar-refractivity contribution in [1.82, 2.24) is 14.8 Å². The molecule has 7 heteroatoms. The fourth-order valence-corrected chi connectivity index (χ4v) is 3.91. The van der Waals surface area contributed by atoms with Gasteiger partial charge in [-0.15, -0.1) is 0 Å². The molecule has 1 aromatic rings. The zero-order chi connectivity index (χ0) is 18.9. The SMILES string of the molecule is CC(C)(C)OC(=O)N1CCCC2(CN(Cc3ccnc(C(=O)O)c3)C2)C1. The molecule has 2 aliphatic heterocycles. The summed E-state index contributed by atoms with van der Waals surface area (Å²) in [6, 6.07) is 3.48. The van der Waals surface area contributed by atoms with Crippen LogP contribution in [0.5, 0.6) is 0 Å². The third-order valence-electron chi connectivity index (χ3n) is 4.88. The molecular weight excluding hydrogens is 334 g/mol. The van der Waals surface area contributed by atoms with E-state index in [2.05, 4.69) is 9.88 Å². The largest absolute Gasteiger partial charge is 0.477 e. The van der Waals surface area contributed by atoms with Gasteiger partial charge in [0.1, 0.15) is 11.3 Å². The molecule has 0 radical (unpaired) electrons. The Morgan fingerprint density at radius 3 is 2.69 bits per heavy atom. The summed E-state index contributed by atoms with van der Waals surface area (Å²) in [5, 5.41) is 9.05. The van der Waals surface area contributed by atoms with Gasteiger partial charge in [-0.1, -0.05) is 0 Å². The summed E-state index contributed by atoms with van der Waals surface area (Å²) in [7, 11) is 0. The second-order valence-electron chi connectivity index (χ2n) is 8.51. The van der Waals surface area contributed by atoms with Gasteiger partial charge in [0.05, 0.1) is 0 Å². The lowest BCUT2D eigenvalue weighted by atomic mass is 9.73. The lowest BCUT2D eigenvalue weighted by molar-refractivity contribution is -0.0634. The molecule has 3 rings (SSSR count). The molecule has 26 heavy (non-hydrogen) atoms. The molecule has 2 saturated heterocycles. The van der Waals surface area contributed by atoms with Crippen molar-refractivity contribution in [1.29, 1.82) is 0 Å². The molecule has 0 aromatic carbocycles. The summed E-state index contributed by atoms with van der Waals surface area (Å²) in [6.07, 6.45) is 3.42. The third-order valence-corrected chi connectivity index (χ3v) is 4.88. The molecule has 3 heterocycles. The predicted octanol–water partition coefficient (Wildman–Crippen LogP) is 2.61. The van der Waals surface area contributed by atoms with Crippen molar-refractivity contribution < 1.29 is 19.4 Å². The monoisotopic (exact) mass is 361 g/mol. The van der Waals surface area contributed by atoms with Crippen molar-refractivity contribution in [3.63, 3.8) is 0 Å². The number of carboxylic acid groups (broad SMARTS) is 1. The maximum atomic E-state index is 12.3. The van der Waals surface area contributed by atoms with E-state index in [9.17, 15) is 9.59 Å². The predicted molar refractivity (Wildman–Crippen MR) is 95.9 cm³/mol. The van der Waals surface area contributed by atoms with Gasteiger partial charge in [0.15, 0.2) is 0 Å². The van der Waals surface area contributed by atoms with Crippen molar-refractivity contribution in [2.45, 2.75) is 45.8 Å². The van der Waals surface area contributed by atoms with Crippen molar-refractivity contribution in [3.05, 3.63) is 29.6 Å². The number of nitrogens with zero attached hydrogens (tertiary/aromatic N) is 3. The number of hydrogen-bond acceptors (Lipinski definition) is 5. The van der Waals surface area contributed by atoms with Crippen molar-refractivity contribution in [2.75, 3.05) is 26.2 Å². The summed E-state index contributed by atoms with van der Waals surface area (Å²) >= 11 is 0. The first kappa shape index (κ1) is 18.6. The van der Waals surface area contributed by atoms with Gasteiger partial charge in [0.25, 0.3) is 0 Å². The van der Waals surface area contributed by atoms with Gasteiger partial charge in [0, 0.05) is 44.3 Å². The summed E-state index contributed by atoms with van der Waals surface area (Å²) in [4.78, 5) is 31.4. The molecular formula is C19H27N3O4. The van der Waals surface area contributed by atoms with E-state index in [1.807, 2.05) is 31.7 Å². The molecule has 0 bridgehead atoms. The first-order valence-corrected chi connectivity index (χ1v) is 9.04. The van der Waals surface area contributed by atoms with Crippen LogP contribution in [0.3, 0.4) is 0 Å². The Kier molecular flexibility index (Phi) is 4.92. The highest BCUT2D eigenvalue weighted by atomic mass is 16.6. The van der Waals surface area contributed by atoms with Crippen LogP contribution < -0.4 is 0 Å². The molecule has 1 amide bonds. The number of pyridine rings is 1. The van der Waals surface area contributed by atoms with Crippen LogP contribution in [0.15, 0.2) is 18.3 Å². The van der Waals surface area contributed by atoms with Crippen LogP contribution in [0.1, 0.15) is 49.7 Å². The molecule has 0 saturated carbocycles. The second-order valence-corrected chi connectivity index (χ2v) is 8.51. The minimum atomic E-state index is -1.01. The fraction of sp³-hybridized carbons (Fsp3) is 0.632. The standard InChI is InChI=1S/C19H27N3O4/c1-18(2,3)26-17(25)22-8-4-6-19(13-22)11-21(12-19)10-14-5-7-20-15(9-14)16(23)24/h5,7,9H,4,6,8,10-13H2,1-3H3,(H,23,24). The van der Waals surface area contributed by atoms with E-state index in [-0.39, 0.29) is 17.2 Å². The number of amides is 1. The highest BCUT2D eigenvalue weighted by Gasteiger charge is 2.46. The number of carbonyl (C=O) groups excluding carboxylic acids is 1. The first-order chi connectivity index (χ1) is 12.2. The van der Waals surface area contributed by atoms with Crippen LogP contribution in [0.25, 0.3) is 0 Å². The molecule has 2 aliphatic rings. The Morgan fingerprint density at radius 2 is 2.04 bits per heavy atom. The van der Waals surface area contributed by atoms with Gasteiger partial charge in [-0.25, -0.2) is 14.6 Å². The lowest BCUT2D eigenvalue weighted by Crippen LogP contribution is -2.63. The van der Waals surface area contributed by atoms with Crippen molar-refractivity contribution in [2.24, 2.45) is 5.41 Å². The van der Waals surface area contributed by atoms with E-state index in [0.29, 0.717) is 6.54 Å². The second kappa shape index (κ2) is 6.87. The molecule has 1 aromatic heterocycles. The van der Waals surface area contributed by atoms with Crippen molar-refractivity contribution >= 4 is 12.1 Å². The summed E-state index contributed by atoms with van der Waals surface area (Å²) < 4.78 is 5.51. The van der Waals surface area contributed by atoms with Gasteiger partial charge in [-0.05, 0) is 51.3 Å². The van der Waals surface area contributed by atoms with Crippen LogP contribution in [0, 0.1) is 5.41 Å². The van der Waals surface area contributed by atoms with E-state index in [0.717, 1.165) is 44.6 Å². The lowest BCUT2D eigenvalue weighted by Gasteiger charge is -2.54. The zero-order valence-corrected chi connectivity index (χ0v) is 15.7. The molecule has 0 unspecified atom stereocenters. The molecule has 1 N–H and O–H groups in total. The average molecular weight is 361 g/mol. The summed E-state index contributed by atoms with van der Waals surface area (Å²) in [6.45, 7) is 9.67. The van der Waals surface area contributed by atoms with Gasteiger partial charge in [0.2, 0.25) is 0 Å². The van der Waals surface area contributed by atoms with Gasteiger partial charge in [-0.2, -0.15) is 0 Å². The van der Waals surface area contributed by atoms with Crippen LogP contribution >= 0.6 is 0 Å². The summed E-state index contributed by atoms with van der Waals surface area (Å²) in [5.74, 6) is -1.01. The van der Waals surface area contributed by atoms with E-state index in [4.69, 9.17) is 9.84 Å². The molecule has 0 aliphatic carbocycles. The van der Waals surface area contributed by atoms with Gasteiger partial charge in [-0.3, -0.25) is 4.90 Å². The maximum absolute atomic E-state index is 12.3. The fourth-order valence-electron chi connectivity index (χ4n) is 3.91. The minimum Gasteiger partial charge on any atom is -0.477 e. The number of carboxylic acids is 1. The highest BCUT2D eigenvalue weighted by Crippen LogP contribution is 2.40. The Labute approximate surface area is 153 Å². The van der Waals surface area contributed by atoms with Crippen LogP contribution in [-0.4, -0.2) is 63.7 Å². The Balaban J connectivity index is 1.55. The topological polar surface area (TPSA) is 83.0 Å². The van der Waals surface area contributed by atoms with Crippen LogP contribution in [0.2, 0.25) is 0 Å². The number of aromatic nitrogens is 1. The number of rotatable bonds is 3. The van der Waals surface area contributed by atoms with E-state index >= 15 is 0 Å². The van der Waals surface area contributed by atoms with Crippen LogP contribution in [0.4, 0.5) is 4.79 Å². The maximum Gasteiger partial charge on any atom is 0.410 e. The van der Waals surface area contributed by atoms with Crippen LogP contribution in [-0.2, 0) is 11.3 Å². The Bertz CT molecular complexity index is 692. The van der Waals surface area contributed by atoms with Gasteiger partial charge < -0.3 is 14.7 Å². The molecule has 2 fully saturated rings. The Morgan fingerprint density at radius 1 is 1.31 bits per heavy atom. The van der Waals surface area contributed by atoms with E-state index < -0.39 is 11.6 Å². The first-order valence-electron chi connectivity index (χ1n) is 9.04.